The summed E-state index contributed by atoms with van der Waals surface area (Å²) < 4.78 is 5.06. The minimum absolute atomic E-state index is 0.0150. The first-order valence-corrected chi connectivity index (χ1v) is 11.1. The molecule has 3 rings (SSSR count). The number of thioether (sulfide) groups is 1. The van der Waals surface area contributed by atoms with Crippen LogP contribution in [0.15, 0.2) is 42.5 Å². The SMILES string of the molecule is CN(C)c1cc(-c2ccc(C[C@@H](C#N)C3CSCCN3)cc2)ccc1OC=O.NC=O. The Balaban J connectivity index is 0.00000107. The number of rotatable bonds is 7. The number of nitrogens with two attached hydrogens (primary N) is 1. The molecule has 1 amide bonds. The summed E-state index contributed by atoms with van der Waals surface area (Å²) in [5.74, 6) is 2.64. The van der Waals surface area contributed by atoms with Gasteiger partial charge in [-0.2, -0.15) is 17.0 Å². The Morgan fingerprint density at radius 1 is 1.26 bits per heavy atom. The number of hydrogen-bond donors (Lipinski definition) is 2. The number of hydrogen-bond acceptors (Lipinski definition) is 7. The smallest absolute Gasteiger partial charge is 0.298 e. The van der Waals surface area contributed by atoms with Crippen LogP contribution in [0.3, 0.4) is 0 Å². The summed E-state index contributed by atoms with van der Waals surface area (Å²) in [6, 6.07) is 16.9. The Kier molecular flexibility index (Phi) is 9.88. The van der Waals surface area contributed by atoms with E-state index in [1.165, 1.54) is 5.56 Å². The Morgan fingerprint density at radius 3 is 2.48 bits per heavy atom. The molecule has 0 aromatic heterocycles. The number of amides is 1. The number of carbonyl (C=O) groups is 2. The highest BCUT2D eigenvalue weighted by Crippen LogP contribution is 2.32. The molecule has 0 aliphatic carbocycles. The van der Waals surface area contributed by atoms with E-state index in [1.54, 1.807) is 0 Å². The number of nitrogens with one attached hydrogen (secondary N) is 1. The molecule has 2 atom stereocenters. The van der Waals surface area contributed by atoms with Gasteiger partial charge in [0.2, 0.25) is 6.41 Å². The highest BCUT2D eigenvalue weighted by atomic mass is 32.2. The van der Waals surface area contributed by atoms with Crippen molar-refractivity contribution in [2.45, 2.75) is 12.5 Å². The van der Waals surface area contributed by atoms with Crippen LogP contribution in [0.1, 0.15) is 5.56 Å². The molecule has 1 aliphatic rings. The first kappa shape index (κ1) is 24.3. The Morgan fingerprint density at radius 2 is 1.94 bits per heavy atom. The van der Waals surface area contributed by atoms with Crippen molar-refractivity contribution >= 4 is 30.3 Å². The second kappa shape index (κ2) is 12.6. The molecule has 2 aromatic carbocycles. The van der Waals surface area contributed by atoms with Crippen LogP contribution in [0.5, 0.6) is 5.75 Å². The van der Waals surface area contributed by atoms with Gasteiger partial charge in [-0.15, -0.1) is 0 Å². The van der Waals surface area contributed by atoms with Gasteiger partial charge < -0.3 is 20.7 Å². The summed E-state index contributed by atoms with van der Waals surface area (Å²) in [7, 11) is 3.83. The van der Waals surface area contributed by atoms with E-state index in [4.69, 9.17) is 9.53 Å². The highest BCUT2D eigenvalue weighted by Gasteiger charge is 2.23. The molecule has 3 N–H and O–H groups in total. The molecule has 164 valence electrons. The third kappa shape index (κ3) is 7.02. The fraction of sp³-hybridized carbons (Fsp3) is 0.348. The average Bonchev–Trinajstić information content (AvgIpc) is 2.79. The second-order valence-electron chi connectivity index (χ2n) is 7.20. The van der Waals surface area contributed by atoms with Crippen LogP contribution in [0.2, 0.25) is 0 Å². The van der Waals surface area contributed by atoms with Crippen molar-refractivity contribution in [3.05, 3.63) is 48.0 Å². The maximum atomic E-state index is 10.7. The molecular formula is C23H28N4O3S. The summed E-state index contributed by atoms with van der Waals surface area (Å²) in [6.07, 6.45) is 1.00. The molecule has 0 radical (unpaired) electrons. The number of nitrogens with zero attached hydrogens (tertiary/aromatic N) is 2. The molecule has 1 unspecified atom stereocenters. The standard InChI is InChI=1S/C22H25N3O2S.CH3NO/c1-25(2)21-12-18(7-8-22(21)27-15-26)17-5-3-16(4-6-17)11-19(13-23)20-14-28-10-9-24-20;2-1-3/h3-8,12,15,19-20,24H,9-11,14H2,1-2H3;1H,(H2,2,3)/t19-,20?;/m0./s1. The number of nitriles is 1. The molecule has 0 bridgehead atoms. The fourth-order valence-electron chi connectivity index (χ4n) is 3.41. The van der Waals surface area contributed by atoms with Crippen LogP contribution >= 0.6 is 11.8 Å². The molecule has 2 aromatic rings. The van der Waals surface area contributed by atoms with Gasteiger partial charge in [-0.25, -0.2) is 0 Å². The van der Waals surface area contributed by atoms with Crippen LogP contribution in [-0.2, 0) is 16.0 Å². The molecule has 1 saturated heterocycles. The lowest BCUT2D eigenvalue weighted by molar-refractivity contribution is -0.120. The van der Waals surface area contributed by atoms with Gasteiger partial charge in [-0.05, 0) is 35.2 Å². The van der Waals surface area contributed by atoms with Gasteiger partial charge in [0.05, 0.1) is 17.7 Å². The van der Waals surface area contributed by atoms with Crippen LogP contribution in [-0.4, -0.2) is 51.1 Å². The lowest BCUT2D eigenvalue weighted by atomic mass is 9.93. The predicted octanol–water partition coefficient (Wildman–Crippen LogP) is 2.44. The van der Waals surface area contributed by atoms with E-state index in [2.05, 4.69) is 41.4 Å². The van der Waals surface area contributed by atoms with Crippen molar-refractivity contribution < 1.29 is 14.3 Å². The largest absolute Gasteiger partial charge is 0.427 e. The van der Waals surface area contributed by atoms with E-state index in [-0.39, 0.29) is 18.4 Å². The van der Waals surface area contributed by atoms with Crippen molar-refractivity contribution in [2.75, 3.05) is 37.0 Å². The van der Waals surface area contributed by atoms with Gasteiger partial charge in [0.25, 0.3) is 6.47 Å². The predicted molar refractivity (Wildman–Crippen MR) is 125 cm³/mol. The molecule has 0 saturated carbocycles. The van der Waals surface area contributed by atoms with E-state index in [9.17, 15) is 10.1 Å². The summed E-state index contributed by atoms with van der Waals surface area (Å²) in [5.41, 5.74) is 8.32. The zero-order valence-corrected chi connectivity index (χ0v) is 18.6. The van der Waals surface area contributed by atoms with Gasteiger partial charge in [-0.3, -0.25) is 9.59 Å². The third-order valence-electron chi connectivity index (χ3n) is 4.96. The minimum Gasteiger partial charge on any atom is -0.427 e. The number of carbonyl (C=O) groups excluding carboxylic acids is 2. The van der Waals surface area contributed by atoms with Gasteiger partial charge >= 0.3 is 0 Å². The average molecular weight is 441 g/mol. The lowest BCUT2D eigenvalue weighted by Gasteiger charge is -2.27. The summed E-state index contributed by atoms with van der Waals surface area (Å²) in [6.45, 7) is 1.42. The number of ether oxygens (including phenoxy) is 1. The second-order valence-corrected chi connectivity index (χ2v) is 8.35. The van der Waals surface area contributed by atoms with Crippen LogP contribution in [0, 0.1) is 17.2 Å². The molecule has 1 aliphatic heterocycles. The van der Waals surface area contributed by atoms with Gasteiger partial charge in [0, 0.05) is 38.2 Å². The first-order chi connectivity index (χ1) is 15.0. The van der Waals surface area contributed by atoms with E-state index in [1.807, 2.05) is 49.0 Å². The van der Waals surface area contributed by atoms with Crippen molar-refractivity contribution in [3.8, 4) is 22.9 Å². The molecule has 0 spiro atoms. The topological polar surface area (TPSA) is 108 Å². The zero-order valence-electron chi connectivity index (χ0n) is 17.8. The molecule has 31 heavy (non-hydrogen) atoms. The number of benzene rings is 2. The van der Waals surface area contributed by atoms with Crippen molar-refractivity contribution in [2.24, 2.45) is 11.7 Å². The molecule has 8 heteroatoms. The Labute approximate surface area is 187 Å². The van der Waals surface area contributed by atoms with Crippen LogP contribution < -0.4 is 20.7 Å². The summed E-state index contributed by atoms with van der Waals surface area (Å²) >= 11 is 1.92. The van der Waals surface area contributed by atoms with E-state index >= 15 is 0 Å². The highest BCUT2D eigenvalue weighted by molar-refractivity contribution is 7.99. The Hall–Kier alpha value is -3.02. The molecule has 1 fully saturated rings. The fourth-order valence-corrected chi connectivity index (χ4v) is 4.44. The van der Waals surface area contributed by atoms with Crippen LogP contribution in [0.4, 0.5) is 5.69 Å². The Bertz CT molecular complexity index is 891. The van der Waals surface area contributed by atoms with Crippen molar-refractivity contribution in [3.63, 3.8) is 0 Å². The van der Waals surface area contributed by atoms with Crippen molar-refractivity contribution in [1.82, 2.24) is 5.32 Å². The normalized spacial score (nSPS) is 16.1. The maximum absolute atomic E-state index is 10.7. The number of anilines is 1. The first-order valence-electron chi connectivity index (χ1n) is 9.91. The van der Waals surface area contributed by atoms with Gasteiger partial charge in [-0.1, -0.05) is 30.3 Å². The molecular weight excluding hydrogens is 412 g/mol. The molecule has 1 heterocycles. The quantitative estimate of drug-likeness (QED) is 0.637. The van der Waals surface area contributed by atoms with E-state index in [0.29, 0.717) is 12.2 Å². The van der Waals surface area contributed by atoms with E-state index < -0.39 is 0 Å². The molecule has 7 nitrogen and oxygen atoms in total. The minimum atomic E-state index is -0.0150. The third-order valence-corrected chi connectivity index (χ3v) is 6.05. The monoisotopic (exact) mass is 440 g/mol. The van der Waals surface area contributed by atoms with Gasteiger partial charge in [0.1, 0.15) is 0 Å². The maximum Gasteiger partial charge on any atom is 0.298 e. The van der Waals surface area contributed by atoms with Crippen LogP contribution in [0.25, 0.3) is 11.1 Å². The number of primary amides is 1. The van der Waals surface area contributed by atoms with Gasteiger partial charge in [0.15, 0.2) is 5.75 Å². The summed E-state index contributed by atoms with van der Waals surface area (Å²) in [4.78, 5) is 21.2. The van der Waals surface area contributed by atoms with Crippen molar-refractivity contribution in [1.29, 1.82) is 5.26 Å². The van der Waals surface area contributed by atoms with E-state index in [0.717, 1.165) is 41.3 Å². The summed E-state index contributed by atoms with van der Waals surface area (Å²) in [5, 5.41) is 13.1. The zero-order chi connectivity index (χ0) is 22.6. The lowest BCUT2D eigenvalue weighted by Crippen LogP contribution is -2.43.